The molecule has 0 aliphatic carbocycles. The molecule has 24 heavy (non-hydrogen) atoms. The molecule has 0 saturated heterocycles. The molecule has 3 amide bonds. The minimum absolute atomic E-state index is 0.0153. The number of carboxylic acids is 2. The van der Waals surface area contributed by atoms with Crippen LogP contribution in [0.2, 0.25) is 0 Å². The minimum atomic E-state index is -1.60. The van der Waals surface area contributed by atoms with Crippen LogP contribution in [-0.4, -0.2) is 63.8 Å². The van der Waals surface area contributed by atoms with Crippen molar-refractivity contribution in [3.63, 3.8) is 0 Å². The zero-order chi connectivity index (χ0) is 18.9. The molecule has 8 N–H and O–H groups in total. The Morgan fingerprint density at radius 1 is 1.00 bits per heavy atom. The molecule has 0 rings (SSSR count). The van der Waals surface area contributed by atoms with E-state index in [1.165, 1.54) is 0 Å². The van der Waals surface area contributed by atoms with E-state index in [0.29, 0.717) is 0 Å². The fraction of sp³-hybridized carbons (Fsp3) is 0.583. The molecule has 136 valence electrons. The fourth-order valence-electron chi connectivity index (χ4n) is 1.57. The van der Waals surface area contributed by atoms with Crippen LogP contribution in [0.25, 0.3) is 0 Å². The average Bonchev–Trinajstić information content (AvgIpc) is 2.48. The van der Waals surface area contributed by atoms with E-state index in [4.69, 9.17) is 21.7 Å². The number of thiol groups is 1. The van der Waals surface area contributed by atoms with Gasteiger partial charge < -0.3 is 32.3 Å². The fourth-order valence-corrected chi connectivity index (χ4v) is 1.74. The molecule has 0 unspecified atom stereocenters. The van der Waals surface area contributed by atoms with Gasteiger partial charge in [0.1, 0.15) is 12.1 Å². The van der Waals surface area contributed by atoms with Crippen molar-refractivity contribution in [3.05, 3.63) is 0 Å². The maximum absolute atomic E-state index is 12.1. The third kappa shape index (κ3) is 8.33. The van der Waals surface area contributed by atoms with Gasteiger partial charge in [-0.2, -0.15) is 12.6 Å². The molecule has 3 atom stereocenters. The summed E-state index contributed by atoms with van der Waals surface area (Å²) < 4.78 is 0. The van der Waals surface area contributed by atoms with E-state index in [0.717, 1.165) is 0 Å². The highest BCUT2D eigenvalue weighted by Crippen LogP contribution is 2.02. The number of carboxylic acid groups (broad SMARTS) is 2. The first-order chi connectivity index (χ1) is 11.1. The van der Waals surface area contributed by atoms with Crippen LogP contribution in [0, 0.1) is 0 Å². The highest BCUT2D eigenvalue weighted by molar-refractivity contribution is 7.80. The first kappa shape index (κ1) is 21.7. The first-order valence-corrected chi connectivity index (χ1v) is 7.41. The average molecular weight is 364 g/mol. The van der Waals surface area contributed by atoms with Crippen LogP contribution < -0.4 is 22.1 Å². The van der Waals surface area contributed by atoms with Crippen LogP contribution in [-0.2, 0) is 24.0 Å². The molecule has 0 saturated carbocycles. The van der Waals surface area contributed by atoms with Gasteiger partial charge in [0.05, 0.1) is 12.5 Å². The lowest BCUT2D eigenvalue weighted by molar-refractivity contribution is -0.144. The number of hydrogen-bond acceptors (Lipinski definition) is 7. The first-order valence-electron chi connectivity index (χ1n) is 6.78. The van der Waals surface area contributed by atoms with Gasteiger partial charge in [0.25, 0.3) is 0 Å². The molecule has 0 aliphatic rings. The van der Waals surface area contributed by atoms with E-state index in [1.807, 2.05) is 5.32 Å². The number of amides is 3. The molecular formula is C12H20N4O7S. The van der Waals surface area contributed by atoms with E-state index in [-0.39, 0.29) is 12.2 Å². The molecule has 11 nitrogen and oxygen atoms in total. The zero-order valence-corrected chi connectivity index (χ0v) is 13.5. The van der Waals surface area contributed by atoms with E-state index in [9.17, 15) is 24.0 Å². The lowest BCUT2D eigenvalue weighted by Crippen LogP contribution is -2.55. The van der Waals surface area contributed by atoms with Crippen molar-refractivity contribution in [1.29, 1.82) is 0 Å². The third-order valence-corrected chi connectivity index (χ3v) is 3.23. The van der Waals surface area contributed by atoms with E-state index < -0.39 is 60.6 Å². The number of hydrogen-bond donors (Lipinski definition) is 7. The Balaban J connectivity index is 5.05. The van der Waals surface area contributed by atoms with Gasteiger partial charge in [-0.1, -0.05) is 0 Å². The molecule has 0 aliphatic heterocycles. The molecule has 0 bridgehead atoms. The Kier molecular flexibility index (Phi) is 9.42. The molecule has 0 radical (unpaired) electrons. The number of primary amides is 1. The molecule has 0 fully saturated rings. The minimum Gasteiger partial charge on any atom is -0.481 e. The summed E-state index contributed by atoms with van der Waals surface area (Å²) >= 11 is 3.82. The summed E-state index contributed by atoms with van der Waals surface area (Å²) in [6.07, 6.45) is -1.41. The van der Waals surface area contributed by atoms with Crippen molar-refractivity contribution in [2.45, 2.75) is 37.4 Å². The van der Waals surface area contributed by atoms with Crippen molar-refractivity contribution in [3.8, 4) is 0 Å². The Hall–Kier alpha value is -2.34. The predicted octanol–water partition coefficient (Wildman–Crippen LogP) is -2.96. The van der Waals surface area contributed by atoms with Crippen LogP contribution in [0.3, 0.4) is 0 Å². The molecular weight excluding hydrogens is 344 g/mol. The lowest BCUT2D eigenvalue weighted by atomic mass is 10.1. The standard InChI is InChI=1S/C12H20N4O7S/c13-5(4-24)10(20)15-6(1-2-9(18)19)11(21)16-7(12(22)23)3-8(14)17/h5-7,24H,1-4,13H2,(H2,14,17)(H,15,20)(H,16,21)(H,18,19)(H,22,23)/t5-,6-,7-/m0/s1. The van der Waals surface area contributed by atoms with Crippen molar-refractivity contribution in [2.24, 2.45) is 11.5 Å². The van der Waals surface area contributed by atoms with Gasteiger partial charge in [-0.05, 0) is 6.42 Å². The number of rotatable bonds is 11. The zero-order valence-electron chi connectivity index (χ0n) is 12.6. The van der Waals surface area contributed by atoms with Crippen LogP contribution >= 0.6 is 12.6 Å². The SMILES string of the molecule is NC(=O)C[C@H](NC(=O)[C@H](CCC(=O)O)NC(=O)[C@@H](N)CS)C(=O)O. The molecule has 0 aromatic rings. The maximum atomic E-state index is 12.1. The van der Waals surface area contributed by atoms with Gasteiger partial charge in [-0.3, -0.25) is 19.2 Å². The second-order valence-electron chi connectivity index (χ2n) is 4.85. The summed E-state index contributed by atoms with van der Waals surface area (Å²) in [6, 6.07) is -3.97. The molecule has 0 heterocycles. The summed E-state index contributed by atoms with van der Waals surface area (Å²) in [6.45, 7) is 0. The van der Waals surface area contributed by atoms with Gasteiger partial charge in [-0.25, -0.2) is 4.79 Å². The highest BCUT2D eigenvalue weighted by atomic mass is 32.1. The Bertz CT molecular complexity index is 514. The third-order valence-electron chi connectivity index (χ3n) is 2.83. The molecule has 0 aromatic heterocycles. The Labute approximate surface area is 142 Å². The molecule has 0 spiro atoms. The van der Waals surface area contributed by atoms with Crippen molar-refractivity contribution >= 4 is 42.3 Å². The normalized spacial score (nSPS) is 14.1. The smallest absolute Gasteiger partial charge is 0.326 e. The second kappa shape index (κ2) is 10.4. The van der Waals surface area contributed by atoms with Gasteiger partial charge >= 0.3 is 11.9 Å². The van der Waals surface area contributed by atoms with Gasteiger partial charge in [0.15, 0.2) is 0 Å². The summed E-state index contributed by atoms with van der Waals surface area (Å²) in [7, 11) is 0. The Morgan fingerprint density at radius 3 is 1.96 bits per heavy atom. The van der Waals surface area contributed by atoms with Gasteiger partial charge in [0, 0.05) is 12.2 Å². The molecule has 0 aromatic carbocycles. The second-order valence-corrected chi connectivity index (χ2v) is 5.22. The summed E-state index contributed by atoms with van der Waals surface area (Å²) in [5, 5.41) is 21.9. The van der Waals surface area contributed by atoms with Crippen LogP contribution in [0.1, 0.15) is 19.3 Å². The quantitative estimate of drug-likeness (QED) is 0.188. The number of nitrogens with one attached hydrogen (secondary N) is 2. The summed E-state index contributed by atoms with van der Waals surface area (Å²) in [5.74, 6) is -5.41. The lowest BCUT2D eigenvalue weighted by Gasteiger charge is -2.21. The van der Waals surface area contributed by atoms with Gasteiger partial charge in [-0.15, -0.1) is 0 Å². The van der Waals surface area contributed by atoms with E-state index >= 15 is 0 Å². The number of aliphatic carboxylic acids is 2. The van der Waals surface area contributed by atoms with Crippen molar-refractivity contribution in [2.75, 3.05) is 5.75 Å². The maximum Gasteiger partial charge on any atom is 0.326 e. The highest BCUT2D eigenvalue weighted by Gasteiger charge is 2.28. The van der Waals surface area contributed by atoms with Gasteiger partial charge in [0.2, 0.25) is 17.7 Å². The number of nitrogens with two attached hydrogens (primary N) is 2. The number of carbonyl (C=O) groups is 5. The monoisotopic (exact) mass is 364 g/mol. The van der Waals surface area contributed by atoms with Crippen LogP contribution in [0.15, 0.2) is 0 Å². The summed E-state index contributed by atoms with van der Waals surface area (Å²) in [5.41, 5.74) is 10.3. The predicted molar refractivity (Wildman–Crippen MR) is 84.0 cm³/mol. The molecule has 12 heteroatoms. The largest absolute Gasteiger partial charge is 0.481 e. The summed E-state index contributed by atoms with van der Waals surface area (Å²) in [4.78, 5) is 56.3. The van der Waals surface area contributed by atoms with E-state index in [2.05, 4.69) is 17.9 Å². The van der Waals surface area contributed by atoms with E-state index in [1.54, 1.807) is 0 Å². The Morgan fingerprint density at radius 2 is 1.54 bits per heavy atom. The van der Waals surface area contributed by atoms with Crippen LogP contribution in [0.4, 0.5) is 0 Å². The topological polar surface area (TPSA) is 202 Å². The van der Waals surface area contributed by atoms with Crippen molar-refractivity contribution < 1.29 is 34.2 Å². The number of carbonyl (C=O) groups excluding carboxylic acids is 3. The van der Waals surface area contributed by atoms with Crippen molar-refractivity contribution in [1.82, 2.24) is 10.6 Å². The van der Waals surface area contributed by atoms with Crippen LogP contribution in [0.5, 0.6) is 0 Å².